The fraction of sp³-hybridized carbons (Fsp3) is 0.367. The summed E-state index contributed by atoms with van der Waals surface area (Å²) in [5.41, 5.74) is 6.60. The van der Waals surface area contributed by atoms with Gasteiger partial charge in [-0.1, -0.05) is 75.4 Å². The minimum absolute atomic E-state index is 0.0395. The van der Waals surface area contributed by atoms with Crippen LogP contribution in [0.2, 0.25) is 0 Å². The van der Waals surface area contributed by atoms with E-state index in [-0.39, 0.29) is 17.8 Å². The van der Waals surface area contributed by atoms with Crippen molar-refractivity contribution < 1.29 is 14.3 Å². The lowest BCUT2D eigenvalue weighted by Crippen LogP contribution is -2.20. The number of esters is 1. The van der Waals surface area contributed by atoms with Gasteiger partial charge < -0.3 is 9.47 Å². The van der Waals surface area contributed by atoms with E-state index in [1.807, 2.05) is 51.2 Å². The molecule has 0 amide bonds. The molecule has 0 aliphatic heterocycles. The van der Waals surface area contributed by atoms with Crippen LogP contribution in [-0.2, 0) is 33.2 Å². The fourth-order valence-corrected chi connectivity index (χ4v) is 4.05. The van der Waals surface area contributed by atoms with Crippen LogP contribution in [0.4, 0.5) is 0 Å². The first kappa shape index (κ1) is 26.9. The Morgan fingerprint density at radius 2 is 1.69 bits per heavy atom. The molecule has 3 rings (SSSR count). The van der Waals surface area contributed by atoms with Gasteiger partial charge in [-0.2, -0.15) is 5.10 Å². The van der Waals surface area contributed by atoms with Gasteiger partial charge in [-0.3, -0.25) is 14.5 Å². The second-order valence-corrected chi connectivity index (χ2v) is 9.98. The van der Waals surface area contributed by atoms with Gasteiger partial charge >= 0.3 is 5.97 Å². The Bertz CT molecular complexity index is 1250. The van der Waals surface area contributed by atoms with E-state index in [9.17, 15) is 4.79 Å². The van der Waals surface area contributed by atoms with Gasteiger partial charge in [-0.25, -0.2) is 0 Å². The lowest BCUT2D eigenvalue weighted by atomic mass is 9.86. The molecule has 0 aliphatic carbocycles. The summed E-state index contributed by atoms with van der Waals surface area (Å²) >= 11 is 0. The summed E-state index contributed by atoms with van der Waals surface area (Å²) in [6.07, 6.45) is 1.14. The van der Waals surface area contributed by atoms with E-state index in [0.717, 1.165) is 33.7 Å². The quantitative estimate of drug-likeness (QED) is 0.168. The molecule has 0 saturated heterocycles. The Morgan fingerprint density at radius 1 is 1.06 bits per heavy atom. The number of aryl methyl sites for hydroxylation is 2. The van der Waals surface area contributed by atoms with Crippen molar-refractivity contribution >= 4 is 23.5 Å². The lowest BCUT2D eigenvalue weighted by molar-refractivity contribution is -0.163. The topological polar surface area (TPSA) is 65.7 Å². The number of nitrogens with zero attached hydrogens (tertiary/aromatic N) is 3. The maximum absolute atomic E-state index is 12.6. The molecule has 0 N–H and O–H groups in total. The molecule has 6 nitrogen and oxygen atoms in total. The highest BCUT2D eigenvalue weighted by atomic mass is 16.7. The monoisotopic (exact) mass is 487 g/mol. The van der Waals surface area contributed by atoms with Crippen molar-refractivity contribution in [3.05, 3.63) is 88.2 Å². The molecule has 2 aromatic carbocycles. The average molecular weight is 488 g/mol. The largest absolute Gasteiger partial charge is 0.452 e. The highest BCUT2D eigenvalue weighted by Gasteiger charge is 2.24. The number of carbonyl (C=O) groups is 1. The number of hydrogen-bond acceptors (Lipinski definition) is 5. The first-order valence-electron chi connectivity index (χ1n) is 12.2. The number of aromatic nitrogens is 2. The predicted octanol–water partition coefficient (Wildman–Crippen LogP) is 6.05. The van der Waals surface area contributed by atoms with E-state index in [1.54, 1.807) is 24.9 Å². The van der Waals surface area contributed by atoms with Gasteiger partial charge in [-0.05, 0) is 36.0 Å². The van der Waals surface area contributed by atoms with E-state index in [0.29, 0.717) is 5.76 Å². The molecule has 0 bridgehead atoms. The number of ether oxygens (including phenoxy) is 2. The van der Waals surface area contributed by atoms with Gasteiger partial charge in [0, 0.05) is 38.4 Å². The van der Waals surface area contributed by atoms with E-state index in [1.165, 1.54) is 5.56 Å². The van der Waals surface area contributed by atoms with Crippen molar-refractivity contribution in [2.24, 2.45) is 12.0 Å². The van der Waals surface area contributed by atoms with Crippen molar-refractivity contribution in [3.63, 3.8) is 0 Å². The first-order chi connectivity index (χ1) is 17.0. The third kappa shape index (κ3) is 6.51. The third-order valence-corrected chi connectivity index (χ3v) is 6.07. The number of aliphatic imine (C=N–C) groups is 1. The van der Waals surface area contributed by atoms with E-state index >= 15 is 0 Å². The molecular weight excluding hydrogens is 450 g/mol. The Balaban J connectivity index is 2.02. The maximum Gasteiger partial charge on any atom is 0.313 e. The molecule has 0 aliphatic rings. The molecule has 0 radical (unpaired) electrons. The Kier molecular flexibility index (Phi) is 8.51. The normalized spacial score (nSPS) is 13.4. The fourth-order valence-electron chi connectivity index (χ4n) is 4.05. The summed E-state index contributed by atoms with van der Waals surface area (Å²) < 4.78 is 13.8. The number of hydrogen-bond donors (Lipinski definition) is 0. The van der Waals surface area contributed by atoms with Crippen molar-refractivity contribution in [1.82, 2.24) is 9.78 Å². The van der Waals surface area contributed by atoms with Crippen LogP contribution in [-0.4, -0.2) is 35.3 Å². The molecule has 1 heterocycles. The first-order valence-corrected chi connectivity index (χ1v) is 12.2. The van der Waals surface area contributed by atoms with Crippen LogP contribution in [0.5, 0.6) is 0 Å². The van der Waals surface area contributed by atoms with Gasteiger partial charge in [-0.15, -0.1) is 0 Å². The van der Waals surface area contributed by atoms with Crippen molar-refractivity contribution in [1.29, 1.82) is 0 Å². The smallest absolute Gasteiger partial charge is 0.313 e. The molecule has 0 spiro atoms. The van der Waals surface area contributed by atoms with Crippen LogP contribution in [0.3, 0.4) is 0 Å². The lowest BCUT2D eigenvalue weighted by Gasteiger charge is -2.22. The van der Waals surface area contributed by atoms with E-state index < -0.39 is 6.29 Å². The van der Waals surface area contributed by atoms with Gasteiger partial charge in [0.25, 0.3) is 0 Å². The zero-order valence-electron chi connectivity index (χ0n) is 22.6. The molecule has 6 heteroatoms. The number of benzene rings is 2. The highest BCUT2D eigenvalue weighted by Crippen LogP contribution is 2.32. The number of rotatable bonds is 8. The zero-order chi connectivity index (χ0) is 26.5. The van der Waals surface area contributed by atoms with Crippen LogP contribution < -0.4 is 0 Å². The summed E-state index contributed by atoms with van der Waals surface area (Å²) in [5.74, 6) is 0.205. The number of carbonyl (C=O) groups excluding carboxylic acids is 1. The van der Waals surface area contributed by atoms with Crippen LogP contribution in [0.25, 0.3) is 11.3 Å². The molecule has 36 heavy (non-hydrogen) atoms. The van der Waals surface area contributed by atoms with E-state index in [4.69, 9.17) is 9.47 Å². The Morgan fingerprint density at radius 3 is 2.22 bits per heavy atom. The van der Waals surface area contributed by atoms with Crippen molar-refractivity contribution in [3.8, 4) is 0 Å². The van der Waals surface area contributed by atoms with Gasteiger partial charge in [0.15, 0.2) is 5.76 Å². The van der Waals surface area contributed by atoms with Crippen LogP contribution in [0, 0.1) is 13.8 Å². The second-order valence-electron chi connectivity index (χ2n) is 9.98. The van der Waals surface area contributed by atoms with Crippen LogP contribution in [0.15, 0.2) is 59.6 Å². The van der Waals surface area contributed by atoms with E-state index in [2.05, 4.69) is 55.1 Å². The zero-order valence-corrected chi connectivity index (χ0v) is 22.6. The maximum atomic E-state index is 12.6. The highest BCUT2D eigenvalue weighted by molar-refractivity contribution is 6.18. The summed E-state index contributed by atoms with van der Waals surface area (Å²) in [4.78, 5) is 16.9. The molecular formula is C30H37N3O3. The Hall–Kier alpha value is -3.67. The summed E-state index contributed by atoms with van der Waals surface area (Å²) in [6.45, 7) is 12.3. The van der Waals surface area contributed by atoms with Crippen molar-refractivity contribution in [2.75, 3.05) is 7.05 Å². The minimum atomic E-state index is -0.820. The van der Waals surface area contributed by atoms with Crippen molar-refractivity contribution in [2.45, 2.75) is 59.7 Å². The van der Waals surface area contributed by atoms with Gasteiger partial charge in [0.05, 0.1) is 12.1 Å². The number of allylic oxidation sites excluding steroid dienone is 1. The molecule has 190 valence electrons. The van der Waals surface area contributed by atoms with Gasteiger partial charge in [0.2, 0.25) is 6.29 Å². The minimum Gasteiger partial charge on any atom is -0.452 e. The van der Waals surface area contributed by atoms with Gasteiger partial charge in [0.1, 0.15) is 5.69 Å². The predicted molar refractivity (Wildman–Crippen MR) is 146 cm³/mol. The SMILES string of the molecule is CN=C/C(=C(/OC(C)OC(=O)Cc1ccccc1)c1c(C)c(C)nn1C)c1ccc(C(C)(C)C)cc1. The molecule has 1 aromatic heterocycles. The second kappa shape index (κ2) is 11.4. The Labute approximate surface area is 214 Å². The molecule has 1 atom stereocenters. The summed E-state index contributed by atoms with van der Waals surface area (Å²) in [7, 11) is 3.61. The molecule has 1 unspecified atom stereocenters. The molecule has 3 aromatic rings. The van der Waals surface area contributed by atoms with Crippen LogP contribution in [0.1, 0.15) is 61.3 Å². The standard InChI is InChI=1S/C30H37N3O3/c1-20-21(2)32-33(8)28(20)29(36-22(3)35-27(34)18-23-12-10-9-11-13-23)26(19-31-7)24-14-16-25(17-15-24)30(4,5)6/h9-17,19,22H,18H2,1-8H3/b29-26-,31-19?. The van der Waals surface area contributed by atoms with Crippen LogP contribution >= 0.6 is 0 Å². The molecule has 0 saturated carbocycles. The average Bonchev–Trinajstić information content (AvgIpc) is 3.07. The summed E-state index contributed by atoms with van der Waals surface area (Å²) in [6, 6.07) is 17.9. The summed E-state index contributed by atoms with van der Waals surface area (Å²) in [5, 5.41) is 4.59. The molecule has 0 fully saturated rings. The third-order valence-electron chi connectivity index (χ3n) is 6.07.